The van der Waals surface area contributed by atoms with Crippen LogP contribution in [0.15, 0.2) is 58.1 Å². The standard InChI is InChI=1S/C19H18BrN3O3/c1-22(10-13-5-3-4-6-17(13)26-2)18(24)11-23-12-21-16-8-7-14(20)9-15(16)19(23)25/h3-9,12H,10-11H2,1-2H3. The molecule has 7 heteroatoms. The summed E-state index contributed by atoms with van der Waals surface area (Å²) in [5, 5.41) is 0.474. The average Bonchev–Trinajstić information content (AvgIpc) is 2.64. The molecule has 3 aromatic rings. The average molecular weight is 416 g/mol. The minimum atomic E-state index is -0.240. The molecule has 0 bridgehead atoms. The summed E-state index contributed by atoms with van der Waals surface area (Å²) in [6, 6.07) is 12.8. The van der Waals surface area contributed by atoms with Crippen LogP contribution in [0.5, 0.6) is 5.75 Å². The van der Waals surface area contributed by atoms with Gasteiger partial charge in [0.15, 0.2) is 0 Å². The summed E-state index contributed by atoms with van der Waals surface area (Å²) >= 11 is 3.35. The molecule has 0 atom stereocenters. The van der Waals surface area contributed by atoms with E-state index in [4.69, 9.17) is 4.74 Å². The fraction of sp³-hybridized carbons (Fsp3) is 0.211. The summed E-state index contributed by atoms with van der Waals surface area (Å²) in [6.07, 6.45) is 1.41. The molecule has 1 heterocycles. The Hall–Kier alpha value is -2.67. The highest BCUT2D eigenvalue weighted by atomic mass is 79.9. The highest BCUT2D eigenvalue weighted by molar-refractivity contribution is 9.10. The van der Waals surface area contributed by atoms with Crippen LogP contribution in [-0.2, 0) is 17.9 Å². The molecule has 0 unspecified atom stereocenters. The van der Waals surface area contributed by atoms with Crippen LogP contribution in [0, 0.1) is 0 Å². The highest BCUT2D eigenvalue weighted by Gasteiger charge is 2.14. The molecule has 0 spiro atoms. The van der Waals surface area contributed by atoms with Crippen LogP contribution >= 0.6 is 15.9 Å². The molecule has 0 saturated carbocycles. The van der Waals surface area contributed by atoms with Gasteiger partial charge in [0.1, 0.15) is 12.3 Å². The zero-order valence-electron chi connectivity index (χ0n) is 14.5. The van der Waals surface area contributed by atoms with E-state index in [9.17, 15) is 9.59 Å². The van der Waals surface area contributed by atoms with Crippen molar-refractivity contribution in [2.45, 2.75) is 13.1 Å². The number of halogens is 1. The topological polar surface area (TPSA) is 64.4 Å². The van der Waals surface area contributed by atoms with E-state index in [0.29, 0.717) is 17.4 Å². The number of hydrogen-bond acceptors (Lipinski definition) is 4. The van der Waals surface area contributed by atoms with Crippen LogP contribution in [0.2, 0.25) is 0 Å². The third kappa shape index (κ3) is 3.77. The van der Waals surface area contributed by atoms with E-state index < -0.39 is 0 Å². The van der Waals surface area contributed by atoms with Crippen LogP contribution in [0.25, 0.3) is 10.9 Å². The van der Waals surface area contributed by atoms with Gasteiger partial charge in [0.25, 0.3) is 5.56 Å². The van der Waals surface area contributed by atoms with Gasteiger partial charge in [0.2, 0.25) is 5.91 Å². The number of benzene rings is 2. The first-order valence-electron chi connectivity index (χ1n) is 8.00. The molecule has 6 nitrogen and oxygen atoms in total. The first-order chi connectivity index (χ1) is 12.5. The monoisotopic (exact) mass is 415 g/mol. The lowest BCUT2D eigenvalue weighted by Crippen LogP contribution is -2.33. The molecule has 1 aromatic heterocycles. The molecular weight excluding hydrogens is 398 g/mol. The van der Waals surface area contributed by atoms with E-state index in [2.05, 4.69) is 20.9 Å². The third-order valence-corrected chi connectivity index (χ3v) is 4.61. The summed E-state index contributed by atoms with van der Waals surface area (Å²) in [4.78, 5) is 31.0. The maximum absolute atomic E-state index is 12.6. The fourth-order valence-corrected chi connectivity index (χ4v) is 3.05. The third-order valence-electron chi connectivity index (χ3n) is 4.12. The Morgan fingerprint density at radius 1 is 1.27 bits per heavy atom. The van der Waals surface area contributed by atoms with Gasteiger partial charge < -0.3 is 9.64 Å². The van der Waals surface area contributed by atoms with Crippen molar-refractivity contribution in [1.82, 2.24) is 14.5 Å². The largest absolute Gasteiger partial charge is 0.496 e. The molecule has 0 aliphatic carbocycles. The van der Waals surface area contributed by atoms with Gasteiger partial charge in [-0.3, -0.25) is 14.2 Å². The smallest absolute Gasteiger partial charge is 0.261 e. The number of aromatic nitrogens is 2. The van der Waals surface area contributed by atoms with Gasteiger partial charge in [-0.05, 0) is 24.3 Å². The molecule has 0 aliphatic heterocycles. The number of amides is 1. The molecule has 0 aliphatic rings. The predicted octanol–water partition coefficient (Wildman–Crippen LogP) is 2.83. The number of ether oxygens (including phenoxy) is 1. The molecule has 0 saturated heterocycles. The summed E-state index contributed by atoms with van der Waals surface area (Å²) < 4.78 is 7.44. The maximum Gasteiger partial charge on any atom is 0.261 e. The van der Waals surface area contributed by atoms with Gasteiger partial charge in [-0.15, -0.1) is 0 Å². The molecule has 0 N–H and O–H groups in total. The second-order valence-corrected chi connectivity index (χ2v) is 6.82. The number of para-hydroxylation sites is 1. The lowest BCUT2D eigenvalue weighted by molar-refractivity contribution is -0.131. The Kier molecular flexibility index (Phi) is 5.37. The lowest BCUT2D eigenvalue weighted by atomic mass is 10.2. The molecule has 3 rings (SSSR count). The minimum absolute atomic E-state index is 0.0695. The van der Waals surface area contributed by atoms with Gasteiger partial charge >= 0.3 is 0 Å². The number of fused-ring (bicyclic) bond motifs is 1. The van der Waals surface area contributed by atoms with Crippen molar-refractivity contribution >= 4 is 32.7 Å². The maximum atomic E-state index is 12.6. The molecule has 26 heavy (non-hydrogen) atoms. The first-order valence-corrected chi connectivity index (χ1v) is 8.79. The number of rotatable bonds is 5. The molecular formula is C19H18BrN3O3. The van der Waals surface area contributed by atoms with Crippen LogP contribution in [-0.4, -0.2) is 34.5 Å². The van der Waals surface area contributed by atoms with E-state index in [1.807, 2.05) is 30.3 Å². The van der Waals surface area contributed by atoms with Crippen molar-refractivity contribution in [3.63, 3.8) is 0 Å². The predicted molar refractivity (Wildman–Crippen MR) is 103 cm³/mol. The van der Waals surface area contributed by atoms with Crippen LogP contribution in [0.3, 0.4) is 0 Å². The quantitative estimate of drug-likeness (QED) is 0.642. The van der Waals surface area contributed by atoms with Crippen LogP contribution in [0.1, 0.15) is 5.56 Å². The fourth-order valence-electron chi connectivity index (χ4n) is 2.69. The zero-order valence-corrected chi connectivity index (χ0v) is 16.1. The molecule has 2 aromatic carbocycles. The van der Waals surface area contributed by atoms with Crippen molar-refractivity contribution in [3.05, 3.63) is 69.2 Å². The van der Waals surface area contributed by atoms with Gasteiger partial charge in [0, 0.05) is 23.6 Å². The van der Waals surface area contributed by atoms with Crippen molar-refractivity contribution in [1.29, 1.82) is 0 Å². The lowest BCUT2D eigenvalue weighted by Gasteiger charge is -2.19. The SMILES string of the molecule is COc1ccccc1CN(C)C(=O)Cn1cnc2ccc(Br)cc2c1=O. The zero-order chi connectivity index (χ0) is 18.7. The van der Waals surface area contributed by atoms with E-state index >= 15 is 0 Å². The van der Waals surface area contributed by atoms with E-state index in [1.54, 1.807) is 31.2 Å². The number of carbonyl (C=O) groups excluding carboxylic acids is 1. The van der Waals surface area contributed by atoms with E-state index in [1.165, 1.54) is 10.9 Å². The molecule has 0 fully saturated rings. The normalized spacial score (nSPS) is 10.7. The number of hydrogen-bond donors (Lipinski definition) is 0. The number of nitrogens with zero attached hydrogens (tertiary/aromatic N) is 3. The van der Waals surface area contributed by atoms with Crippen molar-refractivity contribution in [2.24, 2.45) is 0 Å². The van der Waals surface area contributed by atoms with Crippen molar-refractivity contribution in [3.8, 4) is 5.75 Å². The van der Waals surface area contributed by atoms with Gasteiger partial charge in [-0.2, -0.15) is 0 Å². The molecule has 0 radical (unpaired) electrons. The number of carbonyl (C=O) groups is 1. The molecule has 134 valence electrons. The second kappa shape index (κ2) is 7.70. The second-order valence-electron chi connectivity index (χ2n) is 5.90. The van der Waals surface area contributed by atoms with Crippen LogP contribution < -0.4 is 10.3 Å². The Bertz CT molecular complexity index is 1020. The number of methoxy groups -OCH3 is 1. The number of likely N-dealkylation sites (N-methyl/N-ethyl adjacent to an activating group) is 1. The highest BCUT2D eigenvalue weighted by Crippen LogP contribution is 2.19. The Morgan fingerprint density at radius 3 is 2.81 bits per heavy atom. The Morgan fingerprint density at radius 2 is 2.04 bits per heavy atom. The van der Waals surface area contributed by atoms with Crippen molar-refractivity contribution in [2.75, 3.05) is 14.2 Å². The Labute approximate surface area is 159 Å². The Balaban J connectivity index is 1.80. The minimum Gasteiger partial charge on any atom is -0.496 e. The van der Waals surface area contributed by atoms with Gasteiger partial charge in [0.05, 0.1) is 24.3 Å². The van der Waals surface area contributed by atoms with Crippen LogP contribution in [0.4, 0.5) is 0 Å². The summed E-state index contributed by atoms with van der Waals surface area (Å²) in [6.45, 7) is 0.324. The van der Waals surface area contributed by atoms with Gasteiger partial charge in [-0.25, -0.2) is 4.98 Å². The molecule has 1 amide bonds. The van der Waals surface area contributed by atoms with E-state index in [0.717, 1.165) is 15.8 Å². The van der Waals surface area contributed by atoms with E-state index in [-0.39, 0.29) is 18.0 Å². The summed E-state index contributed by atoms with van der Waals surface area (Å²) in [5.41, 5.74) is 1.26. The van der Waals surface area contributed by atoms with Gasteiger partial charge in [-0.1, -0.05) is 34.1 Å². The first kappa shape index (κ1) is 18.1. The summed E-state index contributed by atoms with van der Waals surface area (Å²) in [7, 11) is 3.30. The summed E-state index contributed by atoms with van der Waals surface area (Å²) in [5.74, 6) is 0.538. The van der Waals surface area contributed by atoms with Crippen molar-refractivity contribution < 1.29 is 9.53 Å².